The van der Waals surface area contributed by atoms with Crippen molar-refractivity contribution in [2.45, 2.75) is 26.1 Å². The van der Waals surface area contributed by atoms with Crippen LogP contribution in [0.1, 0.15) is 29.7 Å². The smallest absolute Gasteiger partial charge is 0.0594 e. The lowest BCUT2D eigenvalue weighted by atomic mass is 10.0. The van der Waals surface area contributed by atoms with Gasteiger partial charge in [0, 0.05) is 32.2 Å². The van der Waals surface area contributed by atoms with E-state index in [4.69, 9.17) is 4.74 Å². The molecule has 3 heteroatoms. The zero-order chi connectivity index (χ0) is 15.9. The van der Waals surface area contributed by atoms with Crippen molar-refractivity contribution in [2.75, 3.05) is 26.3 Å². The van der Waals surface area contributed by atoms with Crippen molar-refractivity contribution < 1.29 is 4.74 Å². The molecular formula is C20H26N2O. The lowest BCUT2D eigenvalue weighted by Crippen LogP contribution is -2.36. The summed E-state index contributed by atoms with van der Waals surface area (Å²) >= 11 is 0. The minimum absolute atomic E-state index is 0.354. The first-order valence-electron chi connectivity index (χ1n) is 8.48. The van der Waals surface area contributed by atoms with Gasteiger partial charge in [-0.05, 0) is 23.6 Å². The molecule has 0 bridgehead atoms. The van der Waals surface area contributed by atoms with E-state index < -0.39 is 0 Å². The molecule has 3 nitrogen and oxygen atoms in total. The SMILES string of the molecule is C[C@H](NCc1ccccc1CN1CCOCC1)c1ccccc1. The molecule has 23 heavy (non-hydrogen) atoms. The predicted molar refractivity (Wildman–Crippen MR) is 94.2 cm³/mol. The molecule has 0 aliphatic carbocycles. The van der Waals surface area contributed by atoms with Crippen LogP contribution in [0.4, 0.5) is 0 Å². The van der Waals surface area contributed by atoms with E-state index in [1.165, 1.54) is 16.7 Å². The Labute approximate surface area is 139 Å². The van der Waals surface area contributed by atoms with Gasteiger partial charge in [0.15, 0.2) is 0 Å². The Balaban J connectivity index is 1.61. The molecule has 2 aromatic rings. The molecule has 1 aliphatic rings. The zero-order valence-electron chi connectivity index (χ0n) is 13.9. The highest BCUT2D eigenvalue weighted by molar-refractivity contribution is 5.27. The van der Waals surface area contributed by atoms with E-state index in [-0.39, 0.29) is 0 Å². The third-order valence-corrected chi connectivity index (χ3v) is 4.51. The molecule has 0 unspecified atom stereocenters. The van der Waals surface area contributed by atoms with Crippen LogP contribution in [0.25, 0.3) is 0 Å². The molecule has 1 heterocycles. The summed E-state index contributed by atoms with van der Waals surface area (Å²) in [6.45, 7) is 7.90. The fourth-order valence-electron chi connectivity index (χ4n) is 3.01. The van der Waals surface area contributed by atoms with Crippen molar-refractivity contribution in [2.24, 2.45) is 0 Å². The van der Waals surface area contributed by atoms with Crippen LogP contribution in [0.2, 0.25) is 0 Å². The molecule has 1 fully saturated rings. The van der Waals surface area contributed by atoms with E-state index in [9.17, 15) is 0 Å². The Morgan fingerprint density at radius 2 is 1.61 bits per heavy atom. The van der Waals surface area contributed by atoms with Crippen molar-refractivity contribution in [3.63, 3.8) is 0 Å². The molecule has 3 rings (SSSR count). The molecule has 1 saturated heterocycles. The summed E-state index contributed by atoms with van der Waals surface area (Å²) in [4.78, 5) is 2.48. The van der Waals surface area contributed by atoms with Crippen molar-refractivity contribution in [1.29, 1.82) is 0 Å². The van der Waals surface area contributed by atoms with Crippen LogP contribution >= 0.6 is 0 Å². The Bertz CT molecular complexity index is 594. The molecule has 0 aromatic heterocycles. The first kappa shape index (κ1) is 16.2. The van der Waals surface area contributed by atoms with Crippen LogP contribution in [0.3, 0.4) is 0 Å². The van der Waals surface area contributed by atoms with E-state index in [0.717, 1.165) is 39.4 Å². The summed E-state index contributed by atoms with van der Waals surface area (Å²) < 4.78 is 5.44. The van der Waals surface area contributed by atoms with Crippen LogP contribution < -0.4 is 5.32 Å². The maximum atomic E-state index is 5.44. The van der Waals surface area contributed by atoms with E-state index in [2.05, 4.69) is 71.7 Å². The molecule has 1 atom stereocenters. The first-order chi connectivity index (χ1) is 11.3. The van der Waals surface area contributed by atoms with Gasteiger partial charge in [0.1, 0.15) is 0 Å². The lowest BCUT2D eigenvalue weighted by Gasteiger charge is -2.27. The summed E-state index contributed by atoms with van der Waals surface area (Å²) in [5.74, 6) is 0. The average Bonchev–Trinajstić information content (AvgIpc) is 2.62. The Morgan fingerprint density at radius 1 is 0.957 bits per heavy atom. The zero-order valence-corrected chi connectivity index (χ0v) is 13.9. The maximum Gasteiger partial charge on any atom is 0.0594 e. The third-order valence-electron chi connectivity index (χ3n) is 4.51. The lowest BCUT2D eigenvalue weighted by molar-refractivity contribution is 0.0340. The highest BCUT2D eigenvalue weighted by atomic mass is 16.5. The van der Waals surface area contributed by atoms with Gasteiger partial charge in [-0.15, -0.1) is 0 Å². The van der Waals surface area contributed by atoms with Gasteiger partial charge in [-0.2, -0.15) is 0 Å². The second-order valence-electron chi connectivity index (χ2n) is 6.17. The van der Waals surface area contributed by atoms with Crippen LogP contribution in [0.5, 0.6) is 0 Å². The van der Waals surface area contributed by atoms with E-state index >= 15 is 0 Å². The Morgan fingerprint density at radius 3 is 2.35 bits per heavy atom. The van der Waals surface area contributed by atoms with Gasteiger partial charge < -0.3 is 10.1 Å². The van der Waals surface area contributed by atoms with Crippen LogP contribution in [-0.2, 0) is 17.8 Å². The number of ether oxygens (including phenoxy) is 1. The van der Waals surface area contributed by atoms with Crippen LogP contribution in [0.15, 0.2) is 54.6 Å². The second-order valence-corrected chi connectivity index (χ2v) is 6.17. The summed E-state index contributed by atoms with van der Waals surface area (Å²) in [6.07, 6.45) is 0. The van der Waals surface area contributed by atoms with Crippen molar-refractivity contribution in [3.8, 4) is 0 Å². The van der Waals surface area contributed by atoms with E-state index in [0.29, 0.717) is 6.04 Å². The fraction of sp³-hybridized carbons (Fsp3) is 0.400. The number of rotatable bonds is 6. The van der Waals surface area contributed by atoms with Crippen molar-refractivity contribution >= 4 is 0 Å². The highest BCUT2D eigenvalue weighted by Crippen LogP contribution is 2.16. The minimum atomic E-state index is 0.354. The number of nitrogens with zero attached hydrogens (tertiary/aromatic N) is 1. The molecule has 0 radical (unpaired) electrons. The van der Waals surface area contributed by atoms with Gasteiger partial charge in [0.2, 0.25) is 0 Å². The molecule has 0 saturated carbocycles. The van der Waals surface area contributed by atoms with Crippen molar-refractivity contribution in [1.82, 2.24) is 10.2 Å². The Kier molecular flexibility index (Phi) is 5.81. The van der Waals surface area contributed by atoms with Gasteiger partial charge in [0.05, 0.1) is 13.2 Å². The Hall–Kier alpha value is -1.68. The maximum absolute atomic E-state index is 5.44. The monoisotopic (exact) mass is 310 g/mol. The molecule has 1 N–H and O–H groups in total. The normalized spacial score (nSPS) is 17.1. The highest BCUT2D eigenvalue weighted by Gasteiger charge is 2.13. The average molecular weight is 310 g/mol. The molecule has 122 valence electrons. The van der Waals surface area contributed by atoms with Gasteiger partial charge in [-0.1, -0.05) is 54.6 Å². The molecule has 1 aliphatic heterocycles. The van der Waals surface area contributed by atoms with Gasteiger partial charge in [0.25, 0.3) is 0 Å². The van der Waals surface area contributed by atoms with E-state index in [1.54, 1.807) is 0 Å². The fourth-order valence-corrected chi connectivity index (χ4v) is 3.01. The molecule has 2 aromatic carbocycles. The van der Waals surface area contributed by atoms with Crippen LogP contribution in [-0.4, -0.2) is 31.2 Å². The molecule has 0 amide bonds. The first-order valence-corrected chi connectivity index (χ1v) is 8.48. The standard InChI is InChI=1S/C20H26N2O/c1-17(18-7-3-2-4-8-18)21-15-19-9-5-6-10-20(19)16-22-11-13-23-14-12-22/h2-10,17,21H,11-16H2,1H3/t17-/m0/s1. The van der Waals surface area contributed by atoms with Gasteiger partial charge in [-0.3, -0.25) is 4.90 Å². The number of morpholine rings is 1. The quantitative estimate of drug-likeness (QED) is 0.885. The van der Waals surface area contributed by atoms with Gasteiger partial charge in [-0.25, -0.2) is 0 Å². The summed E-state index contributed by atoms with van der Waals surface area (Å²) in [5, 5.41) is 3.65. The summed E-state index contributed by atoms with van der Waals surface area (Å²) in [6, 6.07) is 19.7. The third kappa shape index (κ3) is 4.64. The summed E-state index contributed by atoms with van der Waals surface area (Å²) in [5.41, 5.74) is 4.14. The topological polar surface area (TPSA) is 24.5 Å². The predicted octanol–water partition coefficient (Wildman–Crippen LogP) is 3.37. The number of benzene rings is 2. The largest absolute Gasteiger partial charge is 0.379 e. The summed E-state index contributed by atoms with van der Waals surface area (Å²) in [7, 11) is 0. The van der Waals surface area contributed by atoms with Crippen molar-refractivity contribution in [3.05, 3.63) is 71.3 Å². The minimum Gasteiger partial charge on any atom is -0.379 e. The number of hydrogen-bond acceptors (Lipinski definition) is 3. The number of hydrogen-bond donors (Lipinski definition) is 1. The van der Waals surface area contributed by atoms with Gasteiger partial charge >= 0.3 is 0 Å². The van der Waals surface area contributed by atoms with Crippen LogP contribution in [0, 0.1) is 0 Å². The number of nitrogens with one attached hydrogen (secondary N) is 1. The van der Waals surface area contributed by atoms with E-state index in [1.807, 2.05) is 0 Å². The second kappa shape index (κ2) is 8.25. The molecular weight excluding hydrogens is 284 g/mol. The molecule has 0 spiro atoms.